The number of halogens is 1. The minimum absolute atomic E-state index is 0.280. The summed E-state index contributed by atoms with van der Waals surface area (Å²) in [5.41, 5.74) is 1.43. The van der Waals surface area contributed by atoms with Crippen LogP contribution < -0.4 is 5.32 Å². The first-order chi connectivity index (χ1) is 14.4. The van der Waals surface area contributed by atoms with E-state index >= 15 is 0 Å². The molecule has 0 aromatic heterocycles. The van der Waals surface area contributed by atoms with Crippen LogP contribution in [0, 0.1) is 5.82 Å². The molecule has 0 spiro atoms. The lowest BCUT2D eigenvalue weighted by molar-refractivity contribution is -0.200. The number of hydroxylamine groups is 2. The van der Waals surface area contributed by atoms with Crippen molar-refractivity contribution in [3.8, 4) is 11.5 Å². The highest BCUT2D eigenvalue weighted by Crippen LogP contribution is 2.32. The summed E-state index contributed by atoms with van der Waals surface area (Å²) in [5.74, 6) is -1.98. The lowest BCUT2D eigenvalue weighted by Gasteiger charge is -2.29. The molecule has 1 saturated heterocycles. The molecule has 2 aromatic carbocycles. The van der Waals surface area contributed by atoms with E-state index in [1.807, 2.05) is 0 Å². The summed E-state index contributed by atoms with van der Waals surface area (Å²) in [6.07, 6.45) is 2.40. The van der Waals surface area contributed by atoms with E-state index in [2.05, 4.69) is 5.32 Å². The fourth-order valence-electron chi connectivity index (χ4n) is 3.51. The van der Waals surface area contributed by atoms with Crippen LogP contribution in [0.15, 0.2) is 42.5 Å². The second-order valence-corrected chi connectivity index (χ2v) is 7.41. The molecule has 30 heavy (non-hydrogen) atoms. The number of nitrogens with one attached hydrogen (secondary N) is 1. The van der Waals surface area contributed by atoms with Gasteiger partial charge in [-0.05, 0) is 67.6 Å². The van der Waals surface area contributed by atoms with Gasteiger partial charge in [-0.3, -0.25) is 9.63 Å². The van der Waals surface area contributed by atoms with Crippen molar-refractivity contribution in [2.45, 2.75) is 37.8 Å². The molecule has 8 heteroatoms. The van der Waals surface area contributed by atoms with Crippen LogP contribution in [0.3, 0.4) is 0 Å². The highest BCUT2D eigenvalue weighted by atomic mass is 19.1. The van der Waals surface area contributed by atoms with Crippen LogP contribution >= 0.6 is 0 Å². The van der Waals surface area contributed by atoms with Crippen LogP contribution in [0.25, 0.3) is 0 Å². The van der Waals surface area contributed by atoms with Gasteiger partial charge < -0.3 is 20.6 Å². The Morgan fingerprint density at radius 3 is 2.43 bits per heavy atom. The largest absolute Gasteiger partial charge is 0.504 e. The molecular weight excluding hydrogens is 391 g/mol. The summed E-state index contributed by atoms with van der Waals surface area (Å²) in [6.45, 7) is 1.83. The fourth-order valence-corrected chi connectivity index (χ4v) is 3.51. The standard InChI is InChI=1S/C22H27FN2O5/c23-17-8-5-15(6-9-17)4-3-11-24-20(22(28)29)21(30-25-12-1-2-13-25)16-7-10-18(26)19(27)14-16/h5-10,14,20-21,24,26-27H,1-4,11-13H2,(H,28,29)/t20-,21?/m0/s1. The number of carbonyl (C=O) groups is 1. The van der Waals surface area contributed by atoms with E-state index in [0.717, 1.165) is 18.4 Å². The van der Waals surface area contributed by atoms with Crippen molar-refractivity contribution >= 4 is 5.97 Å². The number of carboxylic acids is 1. The molecule has 7 nitrogen and oxygen atoms in total. The van der Waals surface area contributed by atoms with Gasteiger partial charge >= 0.3 is 5.97 Å². The number of nitrogens with zero attached hydrogens (tertiary/aromatic N) is 1. The van der Waals surface area contributed by atoms with Gasteiger partial charge in [-0.15, -0.1) is 0 Å². The minimum Gasteiger partial charge on any atom is -0.504 e. The zero-order valence-corrected chi connectivity index (χ0v) is 16.6. The van der Waals surface area contributed by atoms with Crippen molar-refractivity contribution in [3.05, 3.63) is 59.4 Å². The van der Waals surface area contributed by atoms with E-state index in [4.69, 9.17) is 4.84 Å². The first-order valence-electron chi connectivity index (χ1n) is 10.1. The zero-order valence-electron chi connectivity index (χ0n) is 16.6. The summed E-state index contributed by atoms with van der Waals surface area (Å²) in [7, 11) is 0. The summed E-state index contributed by atoms with van der Waals surface area (Å²) >= 11 is 0. The molecule has 162 valence electrons. The van der Waals surface area contributed by atoms with E-state index in [9.17, 15) is 24.5 Å². The van der Waals surface area contributed by atoms with Crippen molar-refractivity contribution < 1.29 is 29.3 Å². The van der Waals surface area contributed by atoms with Crippen LogP contribution in [0.1, 0.15) is 36.5 Å². The van der Waals surface area contributed by atoms with Gasteiger partial charge in [0.05, 0.1) is 0 Å². The molecule has 1 heterocycles. The van der Waals surface area contributed by atoms with Crippen LogP contribution in [0.2, 0.25) is 0 Å². The Labute approximate surface area is 174 Å². The van der Waals surface area contributed by atoms with Crippen molar-refractivity contribution in [2.24, 2.45) is 0 Å². The van der Waals surface area contributed by atoms with Crippen LogP contribution in [-0.2, 0) is 16.1 Å². The molecule has 1 aliphatic heterocycles. The highest BCUT2D eigenvalue weighted by molar-refractivity contribution is 5.74. The van der Waals surface area contributed by atoms with Gasteiger partial charge in [0.1, 0.15) is 18.0 Å². The maximum atomic E-state index is 13.0. The van der Waals surface area contributed by atoms with Gasteiger partial charge in [-0.25, -0.2) is 4.39 Å². The number of hydrogen-bond acceptors (Lipinski definition) is 6. The Kier molecular flexibility index (Phi) is 7.62. The minimum atomic E-state index is -1.08. The van der Waals surface area contributed by atoms with Gasteiger partial charge in [-0.1, -0.05) is 18.2 Å². The molecule has 1 unspecified atom stereocenters. The average Bonchev–Trinajstić information content (AvgIpc) is 3.23. The second-order valence-electron chi connectivity index (χ2n) is 7.41. The number of aromatic hydroxyl groups is 2. The Morgan fingerprint density at radius 2 is 1.80 bits per heavy atom. The molecule has 4 N–H and O–H groups in total. The smallest absolute Gasteiger partial charge is 0.323 e. The molecule has 1 fully saturated rings. The topological polar surface area (TPSA) is 102 Å². The zero-order chi connectivity index (χ0) is 21.5. The van der Waals surface area contributed by atoms with Crippen molar-refractivity contribution in [3.63, 3.8) is 0 Å². The molecule has 1 aliphatic rings. The highest BCUT2D eigenvalue weighted by Gasteiger charge is 2.33. The average molecular weight is 418 g/mol. The Hall–Kier alpha value is -2.68. The number of rotatable bonds is 10. The Morgan fingerprint density at radius 1 is 1.10 bits per heavy atom. The maximum Gasteiger partial charge on any atom is 0.323 e. The van der Waals surface area contributed by atoms with E-state index < -0.39 is 18.1 Å². The molecular formula is C22H27FN2O5. The molecule has 0 amide bonds. The monoisotopic (exact) mass is 418 g/mol. The lowest BCUT2D eigenvalue weighted by atomic mass is 10.0. The summed E-state index contributed by atoms with van der Waals surface area (Å²) < 4.78 is 13.0. The van der Waals surface area contributed by atoms with Crippen LogP contribution in [-0.4, -0.2) is 52.0 Å². The number of benzene rings is 2. The third-order valence-electron chi connectivity index (χ3n) is 5.14. The van der Waals surface area contributed by atoms with Crippen molar-refractivity contribution in [1.29, 1.82) is 0 Å². The van der Waals surface area contributed by atoms with Crippen molar-refractivity contribution in [2.75, 3.05) is 19.6 Å². The van der Waals surface area contributed by atoms with Gasteiger partial charge in [0.2, 0.25) is 0 Å². The fraction of sp³-hybridized carbons (Fsp3) is 0.409. The van der Waals surface area contributed by atoms with Gasteiger partial charge in [0.25, 0.3) is 0 Å². The third-order valence-corrected chi connectivity index (χ3v) is 5.14. The van der Waals surface area contributed by atoms with E-state index in [1.54, 1.807) is 23.3 Å². The molecule has 0 aliphatic carbocycles. The molecule has 0 saturated carbocycles. The third kappa shape index (κ3) is 5.91. The van der Waals surface area contributed by atoms with Crippen molar-refractivity contribution in [1.82, 2.24) is 10.4 Å². The second kappa shape index (κ2) is 10.4. The molecule has 0 radical (unpaired) electrons. The van der Waals surface area contributed by atoms with E-state index in [-0.39, 0.29) is 17.3 Å². The number of hydrogen-bond donors (Lipinski definition) is 4. The van der Waals surface area contributed by atoms with E-state index in [0.29, 0.717) is 38.0 Å². The summed E-state index contributed by atoms with van der Waals surface area (Å²) in [5, 5.41) is 34.1. The SMILES string of the molecule is O=C(O)[C@@H](NCCCc1ccc(F)cc1)C(ON1CCCC1)c1ccc(O)c(O)c1. The predicted molar refractivity (Wildman–Crippen MR) is 109 cm³/mol. The molecule has 0 bridgehead atoms. The first kappa shape index (κ1) is 22.0. The predicted octanol–water partition coefficient (Wildman–Crippen LogP) is 2.98. The number of phenols is 2. The quantitative estimate of drug-likeness (QED) is 0.348. The van der Waals surface area contributed by atoms with Crippen LogP contribution in [0.4, 0.5) is 4.39 Å². The van der Waals surface area contributed by atoms with Gasteiger partial charge in [0.15, 0.2) is 11.5 Å². The first-order valence-corrected chi connectivity index (χ1v) is 10.1. The summed E-state index contributed by atoms with van der Waals surface area (Å²) in [4.78, 5) is 18.0. The maximum absolute atomic E-state index is 13.0. The Balaban J connectivity index is 1.69. The number of carboxylic acid groups (broad SMARTS) is 1. The number of aliphatic carboxylic acids is 1. The number of aryl methyl sites for hydroxylation is 1. The lowest BCUT2D eigenvalue weighted by Crippen LogP contribution is -2.45. The molecule has 3 rings (SSSR count). The molecule has 2 aromatic rings. The van der Waals surface area contributed by atoms with Gasteiger partial charge in [0, 0.05) is 13.1 Å². The number of phenolic OH excluding ortho intramolecular Hbond substituents is 2. The van der Waals surface area contributed by atoms with Crippen LogP contribution in [0.5, 0.6) is 11.5 Å². The van der Waals surface area contributed by atoms with Gasteiger partial charge in [-0.2, -0.15) is 5.06 Å². The summed E-state index contributed by atoms with van der Waals surface area (Å²) in [6, 6.07) is 9.37. The van der Waals surface area contributed by atoms with E-state index in [1.165, 1.54) is 24.3 Å². The Bertz CT molecular complexity index is 840. The normalized spacial score (nSPS) is 16.4. The molecule has 2 atom stereocenters.